The number of ether oxygens (including phenoxy) is 2. The SMILES string of the molecule is CCCCCCCCOC(=O)c1ccccc1C(=O)O.CCCCOC(=O)c1ccccc1C(=O)O. The summed E-state index contributed by atoms with van der Waals surface area (Å²) in [6.45, 7) is 4.82. The largest absolute Gasteiger partial charge is 0.478 e. The smallest absolute Gasteiger partial charge is 0.339 e. The topological polar surface area (TPSA) is 127 Å². The third-order valence-corrected chi connectivity index (χ3v) is 5.22. The van der Waals surface area contributed by atoms with Crippen molar-refractivity contribution in [3.8, 4) is 0 Å². The van der Waals surface area contributed by atoms with Gasteiger partial charge in [-0.15, -0.1) is 0 Å². The van der Waals surface area contributed by atoms with Crippen molar-refractivity contribution in [3.63, 3.8) is 0 Å². The monoisotopic (exact) mass is 500 g/mol. The Labute approximate surface area is 212 Å². The van der Waals surface area contributed by atoms with Gasteiger partial charge in [0, 0.05) is 0 Å². The molecule has 0 spiro atoms. The first kappa shape index (κ1) is 30.4. The highest BCUT2D eigenvalue weighted by Gasteiger charge is 2.17. The van der Waals surface area contributed by atoms with Gasteiger partial charge in [0.1, 0.15) is 0 Å². The molecule has 196 valence electrons. The van der Waals surface area contributed by atoms with Gasteiger partial charge in [-0.05, 0) is 37.1 Å². The fraction of sp³-hybridized carbons (Fsp3) is 0.429. The molecule has 0 aliphatic heterocycles. The Morgan fingerprint density at radius 2 is 0.917 bits per heavy atom. The molecule has 0 aliphatic rings. The van der Waals surface area contributed by atoms with Crippen molar-refractivity contribution in [2.75, 3.05) is 13.2 Å². The summed E-state index contributed by atoms with van der Waals surface area (Å²) in [5.74, 6) is -3.37. The highest BCUT2D eigenvalue weighted by molar-refractivity contribution is 6.03. The number of hydrogen-bond donors (Lipinski definition) is 2. The molecule has 0 saturated carbocycles. The summed E-state index contributed by atoms with van der Waals surface area (Å²) in [4.78, 5) is 45.2. The molecule has 0 fully saturated rings. The van der Waals surface area contributed by atoms with E-state index >= 15 is 0 Å². The lowest BCUT2D eigenvalue weighted by atomic mass is 10.1. The van der Waals surface area contributed by atoms with E-state index in [9.17, 15) is 19.2 Å². The predicted molar refractivity (Wildman–Crippen MR) is 136 cm³/mol. The van der Waals surface area contributed by atoms with E-state index in [0.717, 1.165) is 32.1 Å². The van der Waals surface area contributed by atoms with Crippen molar-refractivity contribution in [2.45, 2.75) is 65.2 Å². The number of aromatic carboxylic acids is 2. The second kappa shape index (κ2) is 17.7. The van der Waals surface area contributed by atoms with Crippen LogP contribution in [0.25, 0.3) is 0 Å². The maximum Gasteiger partial charge on any atom is 0.339 e. The number of rotatable bonds is 14. The van der Waals surface area contributed by atoms with Crippen LogP contribution >= 0.6 is 0 Å². The second-order valence-corrected chi connectivity index (χ2v) is 8.09. The van der Waals surface area contributed by atoms with Crippen LogP contribution in [0.5, 0.6) is 0 Å². The first-order valence-electron chi connectivity index (χ1n) is 12.3. The lowest BCUT2D eigenvalue weighted by Gasteiger charge is -2.07. The molecule has 2 aromatic carbocycles. The van der Waals surface area contributed by atoms with Crippen LogP contribution in [0.15, 0.2) is 48.5 Å². The van der Waals surface area contributed by atoms with Gasteiger partial charge in [0.15, 0.2) is 0 Å². The Hall–Kier alpha value is -3.68. The number of benzene rings is 2. The zero-order chi connectivity index (χ0) is 26.8. The normalized spacial score (nSPS) is 10.1. The molecule has 0 radical (unpaired) electrons. The van der Waals surface area contributed by atoms with Crippen LogP contribution in [-0.2, 0) is 9.47 Å². The second-order valence-electron chi connectivity index (χ2n) is 8.09. The summed E-state index contributed by atoms with van der Waals surface area (Å²) in [7, 11) is 0. The number of carbonyl (C=O) groups is 4. The molecule has 0 saturated heterocycles. The maximum absolute atomic E-state index is 11.8. The fourth-order valence-corrected chi connectivity index (χ4v) is 3.21. The zero-order valence-corrected chi connectivity index (χ0v) is 21.0. The van der Waals surface area contributed by atoms with Crippen LogP contribution < -0.4 is 0 Å². The summed E-state index contributed by atoms with van der Waals surface area (Å²) < 4.78 is 10.1. The van der Waals surface area contributed by atoms with Gasteiger partial charge in [0.25, 0.3) is 0 Å². The van der Waals surface area contributed by atoms with Crippen LogP contribution in [0.1, 0.15) is 107 Å². The molecule has 8 nitrogen and oxygen atoms in total. The van der Waals surface area contributed by atoms with E-state index in [-0.39, 0.29) is 22.3 Å². The molecule has 36 heavy (non-hydrogen) atoms. The minimum atomic E-state index is -1.12. The van der Waals surface area contributed by atoms with Crippen molar-refractivity contribution in [1.29, 1.82) is 0 Å². The first-order chi connectivity index (χ1) is 17.3. The first-order valence-corrected chi connectivity index (χ1v) is 12.3. The highest BCUT2D eigenvalue weighted by Crippen LogP contribution is 2.12. The molecular weight excluding hydrogens is 464 g/mol. The Kier molecular flexibility index (Phi) is 14.9. The molecule has 0 heterocycles. The van der Waals surface area contributed by atoms with Gasteiger partial charge in [-0.25, -0.2) is 19.2 Å². The summed E-state index contributed by atoms with van der Waals surface area (Å²) >= 11 is 0. The van der Waals surface area contributed by atoms with Crippen molar-refractivity contribution in [2.24, 2.45) is 0 Å². The molecule has 8 heteroatoms. The molecule has 2 aromatic rings. The van der Waals surface area contributed by atoms with Gasteiger partial charge in [-0.2, -0.15) is 0 Å². The van der Waals surface area contributed by atoms with Crippen LogP contribution in [0.2, 0.25) is 0 Å². The standard InChI is InChI=1S/C16H22O4.C12H14O4/c1-2-3-4-5-6-9-12-20-16(19)14-11-8-7-10-13(14)15(17)18;1-2-3-8-16-12(15)10-7-5-4-6-9(10)11(13)14/h7-8,10-11H,2-6,9,12H2,1H3,(H,17,18);4-7H,2-3,8H2,1H3,(H,13,14). The number of hydrogen-bond acceptors (Lipinski definition) is 6. The van der Waals surface area contributed by atoms with E-state index in [1.165, 1.54) is 43.5 Å². The predicted octanol–water partition coefficient (Wildman–Crippen LogP) is 6.24. The van der Waals surface area contributed by atoms with Crippen LogP contribution in [0.4, 0.5) is 0 Å². The average molecular weight is 501 g/mol. The van der Waals surface area contributed by atoms with Gasteiger partial charge < -0.3 is 19.7 Å². The highest BCUT2D eigenvalue weighted by atomic mass is 16.5. The van der Waals surface area contributed by atoms with E-state index in [1.807, 2.05) is 6.92 Å². The van der Waals surface area contributed by atoms with E-state index < -0.39 is 23.9 Å². The Bertz CT molecular complexity index is 983. The minimum absolute atomic E-state index is 0.0135. The van der Waals surface area contributed by atoms with Crippen molar-refractivity contribution in [1.82, 2.24) is 0 Å². The summed E-state index contributed by atoms with van der Waals surface area (Å²) in [5, 5.41) is 17.9. The summed E-state index contributed by atoms with van der Waals surface area (Å²) in [6, 6.07) is 12.1. The van der Waals surface area contributed by atoms with Crippen LogP contribution in [0, 0.1) is 0 Å². The maximum atomic E-state index is 11.8. The van der Waals surface area contributed by atoms with Crippen LogP contribution in [-0.4, -0.2) is 47.3 Å². The van der Waals surface area contributed by atoms with Gasteiger partial charge in [0.2, 0.25) is 0 Å². The summed E-state index contributed by atoms with van der Waals surface area (Å²) in [5.41, 5.74) is 0.182. The molecule has 0 aliphatic carbocycles. The number of esters is 2. The van der Waals surface area contributed by atoms with E-state index in [1.54, 1.807) is 24.3 Å². The van der Waals surface area contributed by atoms with Crippen molar-refractivity contribution >= 4 is 23.9 Å². The molecule has 0 bridgehead atoms. The Morgan fingerprint density at radius 1 is 0.556 bits per heavy atom. The van der Waals surface area contributed by atoms with E-state index in [0.29, 0.717) is 13.2 Å². The molecule has 0 atom stereocenters. The zero-order valence-electron chi connectivity index (χ0n) is 21.0. The van der Waals surface area contributed by atoms with Gasteiger partial charge in [-0.1, -0.05) is 76.6 Å². The van der Waals surface area contributed by atoms with Gasteiger partial charge in [-0.3, -0.25) is 0 Å². The van der Waals surface area contributed by atoms with E-state index in [4.69, 9.17) is 19.7 Å². The molecule has 2 rings (SSSR count). The third-order valence-electron chi connectivity index (χ3n) is 5.22. The van der Waals surface area contributed by atoms with Crippen molar-refractivity contribution in [3.05, 3.63) is 70.8 Å². The molecule has 2 N–H and O–H groups in total. The average Bonchev–Trinajstić information content (AvgIpc) is 2.88. The fourth-order valence-electron chi connectivity index (χ4n) is 3.21. The van der Waals surface area contributed by atoms with Gasteiger partial charge >= 0.3 is 23.9 Å². The number of carboxylic acids is 2. The Morgan fingerprint density at radius 3 is 1.33 bits per heavy atom. The van der Waals surface area contributed by atoms with E-state index in [2.05, 4.69) is 6.92 Å². The Balaban J connectivity index is 0.000000369. The van der Waals surface area contributed by atoms with Crippen LogP contribution in [0.3, 0.4) is 0 Å². The minimum Gasteiger partial charge on any atom is -0.478 e. The van der Waals surface area contributed by atoms with Gasteiger partial charge in [0.05, 0.1) is 35.5 Å². The number of carboxylic acid groups (broad SMARTS) is 2. The number of unbranched alkanes of at least 4 members (excludes halogenated alkanes) is 6. The third kappa shape index (κ3) is 11.2. The number of carbonyl (C=O) groups excluding carboxylic acids is 2. The lowest BCUT2D eigenvalue weighted by Crippen LogP contribution is -2.12. The quantitative estimate of drug-likeness (QED) is 0.230. The summed E-state index contributed by atoms with van der Waals surface area (Å²) in [6.07, 6.45) is 8.38. The molecule has 0 aromatic heterocycles. The molecule has 0 unspecified atom stereocenters. The van der Waals surface area contributed by atoms with Crippen molar-refractivity contribution < 1.29 is 38.9 Å². The molecule has 0 amide bonds. The lowest BCUT2D eigenvalue weighted by molar-refractivity contribution is 0.0483. The molecular formula is C28H36O8.